The maximum Gasteiger partial charge on any atom is 0.262 e. The normalized spacial score (nSPS) is 22.8. The van der Waals surface area contributed by atoms with Crippen molar-refractivity contribution in [1.82, 2.24) is 4.90 Å². The lowest BCUT2D eigenvalue weighted by Gasteiger charge is -2.28. The minimum atomic E-state index is -1.03. The molecule has 5 rings (SSSR count). The number of benzene rings is 3. The summed E-state index contributed by atoms with van der Waals surface area (Å²) < 4.78 is 27.6. The van der Waals surface area contributed by atoms with E-state index in [1.54, 1.807) is 24.3 Å². The van der Waals surface area contributed by atoms with E-state index in [0.717, 1.165) is 17.7 Å². The zero-order valence-corrected chi connectivity index (χ0v) is 16.3. The average molecular weight is 420 g/mol. The fourth-order valence-electron chi connectivity index (χ4n) is 4.23. The summed E-state index contributed by atoms with van der Waals surface area (Å²) in [7, 11) is 0. The van der Waals surface area contributed by atoms with Crippen LogP contribution in [-0.2, 0) is 21.0 Å². The van der Waals surface area contributed by atoms with Gasteiger partial charge in [0.2, 0.25) is 5.91 Å². The number of hydrogen-bond donors (Lipinski definition) is 0. The number of rotatable bonds is 4. The first kappa shape index (κ1) is 19.4. The Labute approximate surface area is 177 Å². The van der Waals surface area contributed by atoms with Crippen LogP contribution in [0, 0.1) is 17.6 Å². The lowest BCUT2D eigenvalue weighted by atomic mass is 9.90. The van der Waals surface area contributed by atoms with Crippen molar-refractivity contribution >= 4 is 17.5 Å². The van der Waals surface area contributed by atoms with Crippen LogP contribution in [0.15, 0.2) is 78.9 Å². The van der Waals surface area contributed by atoms with E-state index in [9.17, 15) is 18.4 Å². The molecule has 0 aliphatic carbocycles. The fraction of sp³-hybridized carbons (Fsp3) is 0.167. The van der Waals surface area contributed by atoms with E-state index in [1.165, 1.54) is 16.0 Å². The van der Waals surface area contributed by atoms with Gasteiger partial charge in [0.05, 0.1) is 18.3 Å². The quantitative estimate of drug-likeness (QED) is 0.599. The molecule has 0 aromatic heterocycles. The fourth-order valence-corrected chi connectivity index (χ4v) is 4.23. The van der Waals surface area contributed by atoms with Gasteiger partial charge in [-0.25, -0.2) is 13.8 Å². The van der Waals surface area contributed by atoms with E-state index in [0.29, 0.717) is 11.3 Å². The molecule has 0 spiro atoms. The minimum Gasteiger partial charge on any atom is -0.275 e. The first-order valence-electron chi connectivity index (χ1n) is 9.90. The van der Waals surface area contributed by atoms with Crippen LogP contribution >= 0.6 is 0 Å². The van der Waals surface area contributed by atoms with Crippen LogP contribution in [-0.4, -0.2) is 22.8 Å². The summed E-state index contributed by atoms with van der Waals surface area (Å²) in [5, 5.41) is 1.46. The molecule has 0 saturated carbocycles. The highest BCUT2D eigenvalue weighted by Gasteiger charge is 2.59. The van der Waals surface area contributed by atoms with Crippen LogP contribution in [0.25, 0.3) is 0 Å². The number of imide groups is 1. The van der Waals surface area contributed by atoms with Crippen molar-refractivity contribution in [3.63, 3.8) is 0 Å². The molecule has 2 fully saturated rings. The Morgan fingerprint density at radius 1 is 0.806 bits per heavy atom. The highest BCUT2D eigenvalue weighted by Crippen LogP contribution is 2.47. The summed E-state index contributed by atoms with van der Waals surface area (Å²) >= 11 is 0. The third kappa shape index (κ3) is 3.27. The van der Waals surface area contributed by atoms with Crippen LogP contribution in [0.4, 0.5) is 14.5 Å². The number of likely N-dealkylation sites (tertiary alicyclic amines) is 1. The first-order chi connectivity index (χ1) is 15.0. The van der Waals surface area contributed by atoms with Crippen LogP contribution in [0.5, 0.6) is 0 Å². The second-order valence-electron chi connectivity index (χ2n) is 7.58. The molecule has 2 amide bonds. The Balaban J connectivity index is 1.54. The number of fused-ring (bicyclic) bond motifs is 1. The predicted molar refractivity (Wildman–Crippen MR) is 108 cm³/mol. The average Bonchev–Trinajstić information content (AvgIpc) is 3.29. The molecule has 5 nitrogen and oxygen atoms in total. The molecule has 2 saturated heterocycles. The number of carbonyl (C=O) groups is 2. The molecular weight excluding hydrogens is 402 g/mol. The van der Waals surface area contributed by atoms with Crippen molar-refractivity contribution in [1.29, 1.82) is 0 Å². The molecule has 0 unspecified atom stereocenters. The van der Waals surface area contributed by atoms with E-state index < -0.39 is 41.5 Å². The number of nitrogens with zero attached hydrogens (tertiary/aromatic N) is 2. The molecule has 31 heavy (non-hydrogen) atoms. The number of amides is 2. The summed E-state index contributed by atoms with van der Waals surface area (Å²) in [5.41, 5.74) is 1.79. The Morgan fingerprint density at radius 2 is 1.48 bits per heavy atom. The molecule has 3 atom stereocenters. The van der Waals surface area contributed by atoms with E-state index >= 15 is 0 Å². The largest absolute Gasteiger partial charge is 0.275 e. The van der Waals surface area contributed by atoms with Gasteiger partial charge in [-0.05, 0) is 35.4 Å². The number of anilines is 1. The van der Waals surface area contributed by atoms with Gasteiger partial charge in [-0.1, -0.05) is 54.6 Å². The molecule has 0 radical (unpaired) electrons. The SMILES string of the molecule is O=C1[C@H]2[C@H](ON(c3ccccc3)[C@H]2c2ccc(F)c(F)c2)C(=O)N1Cc1ccccc1. The van der Waals surface area contributed by atoms with E-state index in [4.69, 9.17) is 4.84 Å². The third-order valence-corrected chi connectivity index (χ3v) is 5.69. The standard InChI is InChI=1S/C24H18F2N2O3/c25-18-12-11-16(13-19(18)26)21-20-22(31-28(21)17-9-5-2-6-10-17)24(30)27(23(20)29)14-15-7-3-1-4-8-15/h1-13,20-22H,14H2/t20-,21+,22+/m1/s1. The van der Waals surface area contributed by atoms with Gasteiger partial charge in [0.25, 0.3) is 5.91 Å². The van der Waals surface area contributed by atoms with Gasteiger partial charge >= 0.3 is 0 Å². The second kappa shape index (κ2) is 7.59. The van der Waals surface area contributed by atoms with Crippen LogP contribution in [0.3, 0.4) is 0 Å². The van der Waals surface area contributed by atoms with Crippen molar-refractivity contribution in [2.24, 2.45) is 5.92 Å². The van der Waals surface area contributed by atoms with Gasteiger partial charge in [0.1, 0.15) is 5.92 Å². The Bertz CT molecular complexity index is 1140. The molecule has 3 aromatic rings. The summed E-state index contributed by atoms with van der Waals surface area (Å²) in [4.78, 5) is 33.6. The molecular formula is C24H18F2N2O3. The maximum absolute atomic E-state index is 14.0. The van der Waals surface area contributed by atoms with Gasteiger partial charge in [0, 0.05) is 0 Å². The molecule has 0 N–H and O–H groups in total. The predicted octanol–water partition coefficient (Wildman–Crippen LogP) is 4.01. The lowest BCUT2D eigenvalue weighted by molar-refractivity contribution is -0.143. The van der Waals surface area contributed by atoms with Crippen molar-refractivity contribution in [3.05, 3.63) is 102 Å². The third-order valence-electron chi connectivity index (χ3n) is 5.69. The Morgan fingerprint density at radius 3 is 2.16 bits per heavy atom. The maximum atomic E-state index is 14.0. The van der Waals surface area contributed by atoms with Gasteiger partial charge < -0.3 is 0 Å². The molecule has 2 heterocycles. The van der Waals surface area contributed by atoms with Crippen molar-refractivity contribution in [3.8, 4) is 0 Å². The number of hydrogen-bond acceptors (Lipinski definition) is 4. The number of halogens is 2. The zero-order chi connectivity index (χ0) is 21.5. The van der Waals surface area contributed by atoms with Gasteiger partial charge in [-0.15, -0.1) is 0 Å². The van der Waals surface area contributed by atoms with Crippen molar-refractivity contribution in [2.75, 3.05) is 5.06 Å². The summed E-state index contributed by atoms with van der Waals surface area (Å²) in [6.07, 6.45) is -1.03. The molecule has 156 valence electrons. The smallest absolute Gasteiger partial charge is 0.262 e. The van der Waals surface area contributed by atoms with Crippen LogP contribution in [0.2, 0.25) is 0 Å². The van der Waals surface area contributed by atoms with Gasteiger partial charge in [-0.2, -0.15) is 0 Å². The van der Waals surface area contributed by atoms with E-state index in [1.807, 2.05) is 36.4 Å². The lowest BCUT2D eigenvalue weighted by Crippen LogP contribution is -2.37. The molecule has 0 bridgehead atoms. The molecule has 2 aliphatic rings. The molecule has 7 heteroatoms. The van der Waals surface area contributed by atoms with Gasteiger partial charge in [-0.3, -0.25) is 19.3 Å². The van der Waals surface area contributed by atoms with Crippen molar-refractivity contribution in [2.45, 2.75) is 18.7 Å². The number of hydroxylamine groups is 1. The highest BCUT2D eigenvalue weighted by molar-refractivity contribution is 6.07. The number of para-hydroxylation sites is 1. The summed E-state index contributed by atoms with van der Waals surface area (Å²) in [5.74, 6) is -3.71. The van der Waals surface area contributed by atoms with Crippen molar-refractivity contribution < 1.29 is 23.2 Å². The Kier molecular flexibility index (Phi) is 4.75. The molecule has 3 aromatic carbocycles. The second-order valence-corrected chi connectivity index (χ2v) is 7.58. The topological polar surface area (TPSA) is 49.9 Å². The number of carbonyl (C=O) groups excluding carboxylic acids is 2. The zero-order valence-electron chi connectivity index (χ0n) is 16.3. The van der Waals surface area contributed by atoms with Crippen LogP contribution < -0.4 is 5.06 Å². The first-order valence-corrected chi connectivity index (χ1v) is 9.90. The minimum absolute atomic E-state index is 0.130. The summed E-state index contributed by atoms with van der Waals surface area (Å²) in [6, 6.07) is 20.8. The van der Waals surface area contributed by atoms with Crippen LogP contribution in [0.1, 0.15) is 17.2 Å². The summed E-state index contributed by atoms with van der Waals surface area (Å²) in [6.45, 7) is 0.130. The van der Waals surface area contributed by atoms with E-state index in [-0.39, 0.29) is 6.54 Å². The van der Waals surface area contributed by atoms with E-state index in [2.05, 4.69) is 0 Å². The van der Waals surface area contributed by atoms with Gasteiger partial charge in [0.15, 0.2) is 17.7 Å². The monoisotopic (exact) mass is 420 g/mol. The Hall–Kier alpha value is -3.58. The molecule has 2 aliphatic heterocycles. The highest BCUT2D eigenvalue weighted by atomic mass is 19.2.